The van der Waals surface area contributed by atoms with Crippen LogP contribution in [-0.2, 0) is 4.79 Å². The van der Waals surface area contributed by atoms with Crippen LogP contribution < -0.4 is 20.4 Å². The second kappa shape index (κ2) is 7.31. The molecule has 0 saturated heterocycles. The molecule has 1 saturated carbocycles. The van der Waals surface area contributed by atoms with Crippen molar-refractivity contribution in [1.82, 2.24) is 5.32 Å². The molecule has 0 spiro atoms. The number of benzene rings is 2. The van der Waals surface area contributed by atoms with E-state index in [0.29, 0.717) is 34.9 Å². The first-order chi connectivity index (χ1) is 13.1. The fourth-order valence-electron chi connectivity index (χ4n) is 3.26. The zero-order valence-electron chi connectivity index (χ0n) is 15.1. The number of nitrogens with one attached hydrogen (secondary N) is 1. The molecule has 3 aromatic rings. The van der Waals surface area contributed by atoms with E-state index < -0.39 is 5.63 Å². The summed E-state index contributed by atoms with van der Waals surface area (Å²) < 4.78 is 16.2. The van der Waals surface area contributed by atoms with Crippen molar-refractivity contribution in [3.63, 3.8) is 0 Å². The largest absolute Gasteiger partial charge is 0.497 e. The van der Waals surface area contributed by atoms with Gasteiger partial charge in [0.15, 0.2) is 6.61 Å². The molecular formula is C21H21NO5. The van der Waals surface area contributed by atoms with Gasteiger partial charge in [0.2, 0.25) is 0 Å². The Kier molecular flexibility index (Phi) is 4.71. The van der Waals surface area contributed by atoms with Gasteiger partial charge >= 0.3 is 5.63 Å². The normalized spacial score (nSPS) is 14.1. The molecule has 1 amide bonds. The smallest absolute Gasteiger partial charge is 0.344 e. The average Bonchev–Trinajstić information content (AvgIpc) is 2.64. The van der Waals surface area contributed by atoms with Crippen molar-refractivity contribution in [3.8, 4) is 11.5 Å². The highest BCUT2D eigenvalue weighted by Crippen LogP contribution is 2.28. The van der Waals surface area contributed by atoms with Gasteiger partial charge in [-0.15, -0.1) is 0 Å². The Morgan fingerprint density at radius 1 is 1.11 bits per heavy atom. The van der Waals surface area contributed by atoms with E-state index in [4.69, 9.17) is 13.9 Å². The first-order valence-electron chi connectivity index (χ1n) is 9.08. The Bertz CT molecular complexity index is 1050. The lowest BCUT2D eigenvalue weighted by Gasteiger charge is -2.25. The number of hydrogen-bond acceptors (Lipinski definition) is 5. The number of methoxy groups -OCH3 is 1. The number of carbonyl (C=O) groups is 1. The SMILES string of the molecule is COc1ccc2c(c1)c(=O)oc1cc(OCC(=O)NCC3CCC3)ccc12. The summed E-state index contributed by atoms with van der Waals surface area (Å²) in [6.07, 6.45) is 3.62. The molecule has 1 aliphatic rings. The van der Waals surface area contributed by atoms with Crippen LogP contribution >= 0.6 is 0 Å². The second-order valence-corrected chi connectivity index (χ2v) is 6.85. The quantitative estimate of drug-likeness (QED) is 0.534. The molecule has 1 aromatic heterocycles. The van der Waals surface area contributed by atoms with E-state index in [0.717, 1.165) is 10.8 Å². The van der Waals surface area contributed by atoms with Gasteiger partial charge in [-0.3, -0.25) is 4.79 Å². The van der Waals surface area contributed by atoms with E-state index in [9.17, 15) is 9.59 Å². The summed E-state index contributed by atoms with van der Waals surface area (Å²) in [4.78, 5) is 24.2. The van der Waals surface area contributed by atoms with Crippen LogP contribution in [0.3, 0.4) is 0 Å². The van der Waals surface area contributed by atoms with Crippen molar-refractivity contribution in [2.45, 2.75) is 19.3 Å². The third kappa shape index (κ3) is 3.60. The van der Waals surface area contributed by atoms with Crippen molar-refractivity contribution in [2.75, 3.05) is 20.3 Å². The summed E-state index contributed by atoms with van der Waals surface area (Å²) in [5.74, 6) is 1.55. The molecule has 1 heterocycles. The first kappa shape index (κ1) is 17.4. The highest BCUT2D eigenvalue weighted by molar-refractivity contribution is 6.04. The monoisotopic (exact) mass is 367 g/mol. The van der Waals surface area contributed by atoms with Gasteiger partial charge in [0, 0.05) is 23.4 Å². The molecule has 0 bridgehead atoms. The van der Waals surface area contributed by atoms with Crippen LogP contribution in [0.4, 0.5) is 0 Å². The molecule has 1 aliphatic carbocycles. The van der Waals surface area contributed by atoms with Gasteiger partial charge in [0.1, 0.15) is 17.1 Å². The lowest BCUT2D eigenvalue weighted by Crippen LogP contribution is -2.35. The molecule has 0 unspecified atom stereocenters. The minimum atomic E-state index is -0.438. The van der Waals surface area contributed by atoms with E-state index in [-0.39, 0.29) is 12.5 Å². The molecule has 27 heavy (non-hydrogen) atoms. The maximum absolute atomic E-state index is 12.3. The van der Waals surface area contributed by atoms with Gasteiger partial charge in [0.05, 0.1) is 12.5 Å². The van der Waals surface area contributed by atoms with E-state index in [2.05, 4.69) is 5.32 Å². The zero-order chi connectivity index (χ0) is 18.8. The lowest BCUT2D eigenvalue weighted by atomic mass is 9.85. The molecule has 1 N–H and O–H groups in total. The minimum Gasteiger partial charge on any atom is -0.497 e. The summed E-state index contributed by atoms with van der Waals surface area (Å²) >= 11 is 0. The third-order valence-corrected chi connectivity index (χ3v) is 5.08. The highest BCUT2D eigenvalue weighted by Gasteiger charge is 2.18. The predicted molar refractivity (Wildman–Crippen MR) is 102 cm³/mol. The van der Waals surface area contributed by atoms with Gasteiger partial charge in [0.25, 0.3) is 5.91 Å². The summed E-state index contributed by atoms with van der Waals surface area (Å²) in [7, 11) is 1.55. The van der Waals surface area contributed by atoms with Crippen molar-refractivity contribution in [1.29, 1.82) is 0 Å². The van der Waals surface area contributed by atoms with Crippen molar-refractivity contribution in [3.05, 3.63) is 46.8 Å². The minimum absolute atomic E-state index is 0.0623. The number of ether oxygens (including phenoxy) is 2. The van der Waals surface area contributed by atoms with Crippen molar-refractivity contribution < 1.29 is 18.7 Å². The molecule has 1 fully saturated rings. The van der Waals surface area contributed by atoms with Crippen LogP contribution in [0.2, 0.25) is 0 Å². The van der Waals surface area contributed by atoms with E-state index in [1.165, 1.54) is 19.3 Å². The topological polar surface area (TPSA) is 77.8 Å². The second-order valence-electron chi connectivity index (χ2n) is 6.85. The fourth-order valence-corrected chi connectivity index (χ4v) is 3.26. The maximum atomic E-state index is 12.3. The van der Waals surface area contributed by atoms with E-state index >= 15 is 0 Å². The van der Waals surface area contributed by atoms with E-state index in [1.54, 1.807) is 31.4 Å². The molecule has 2 aromatic carbocycles. The summed E-state index contributed by atoms with van der Waals surface area (Å²) in [5.41, 5.74) is -0.0168. The first-order valence-corrected chi connectivity index (χ1v) is 9.08. The van der Waals surface area contributed by atoms with E-state index in [1.807, 2.05) is 12.1 Å². The Labute approximate surface area is 156 Å². The summed E-state index contributed by atoms with van der Waals surface area (Å²) in [6, 6.07) is 10.5. The molecular weight excluding hydrogens is 346 g/mol. The number of amides is 1. The van der Waals surface area contributed by atoms with Gasteiger partial charge in [-0.2, -0.15) is 0 Å². The Balaban J connectivity index is 1.52. The molecule has 0 atom stereocenters. The number of fused-ring (bicyclic) bond motifs is 3. The summed E-state index contributed by atoms with van der Waals surface area (Å²) in [6.45, 7) is 0.650. The van der Waals surface area contributed by atoms with Gasteiger partial charge < -0.3 is 19.2 Å². The van der Waals surface area contributed by atoms with Crippen LogP contribution in [0, 0.1) is 5.92 Å². The fraction of sp³-hybridized carbons (Fsp3) is 0.333. The Hall–Kier alpha value is -3.02. The van der Waals surface area contributed by atoms with Crippen molar-refractivity contribution in [2.24, 2.45) is 5.92 Å². The van der Waals surface area contributed by atoms with Gasteiger partial charge in [-0.1, -0.05) is 6.42 Å². The number of hydrogen-bond donors (Lipinski definition) is 1. The predicted octanol–water partition coefficient (Wildman–Crippen LogP) is 3.25. The van der Waals surface area contributed by atoms with Gasteiger partial charge in [-0.05, 0) is 49.1 Å². The Morgan fingerprint density at radius 3 is 2.63 bits per heavy atom. The van der Waals surface area contributed by atoms with Crippen LogP contribution in [-0.4, -0.2) is 26.2 Å². The van der Waals surface area contributed by atoms with Crippen LogP contribution in [0.15, 0.2) is 45.6 Å². The lowest BCUT2D eigenvalue weighted by molar-refractivity contribution is -0.123. The van der Waals surface area contributed by atoms with Gasteiger partial charge in [-0.25, -0.2) is 4.79 Å². The van der Waals surface area contributed by atoms with Crippen molar-refractivity contribution >= 4 is 27.6 Å². The molecule has 140 valence electrons. The van der Waals surface area contributed by atoms with Crippen LogP contribution in [0.25, 0.3) is 21.7 Å². The molecule has 4 rings (SSSR count). The number of rotatable bonds is 6. The molecule has 6 nitrogen and oxygen atoms in total. The highest BCUT2D eigenvalue weighted by atomic mass is 16.5. The molecule has 0 radical (unpaired) electrons. The zero-order valence-corrected chi connectivity index (χ0v) is 15.1. The van der Waals surface area contributed by atoms with Crippen LogP contribution in [0.1, 0.15) is 19.3 Å². The molecule has 0 aliphatic heterocycles. The van der Waals surface area contributed by atoms with Crippen LogP contribution in [0.5, 0.6) is 11.5 Å². The molecule has 6 heteroatoms. The average molecular weight is 367 g/mol. The summed E-state index contributed by atoms with van der Waals surface area (Å²) in [5, 5.41) is 4.93. The Morgan fingerprint density at radius 2 is 1.89 bits per heavy atom. The maximum Gasteiger partial charge on any atom is 0.344 e. The third-order valence-electron chi connectivity index (χ3n) is 5.08. The standard InChI is InChI=1S/C21H21NO5/c1-25-14-5-7-16-17-8-6-15(10-19(17)27-21(24)18(16)9-14)26-12-20(23)22-11-13-3-2-4-13/h5-10,13H,2-4,11-12H2,1H3,(H,22,23). The number of carbonyl (C=O) groups excluding carboxylic acids is 1.